The number of methoxy groups -OCH3 is 1. The Labute approximate surface area is 114 Å². The fraction of sp³-hybridized carbons (Fsp3) is 0.846. The molecule has 0 radical (unpaired) electrons. The van der Waals surface area contributed by atoms with E-state index in [1.165, 1.54) is 0 Å². The minimum atomic E-state index is -0.480. The molecular formula is C13H25N3O3. The second kappa shape index (κ2) is 7.45. The van der Waals surface area contributed by atoms with Gasteiger partial charge in [-0.1, -0.05) is 6.42 Å². The van der Waals surface area contributed by atoms with Crippen LogP contribution in [0.2, 0.25) is 0 Å². The van der Waals surface area contributed by atoms with Crippen LogP contribution in [0.1, 0.15) is 32.6 Å². The predicted octanol–water partition coefficient (Wildman–Crippen LogP) is -0.227. The Morgan fingerprint density at radius 3 is 2.68 bits per heavy atom. The van der Waals surface area contributed by atoms with Crippen molar-refractivity contribution >= 4 is 11.8 Å². The van der Waals surface area contributed by atoms with Crippen LogP contribution in [0, 0.1) is 5.41 Å². The predicted molar refractivity (Wildman–Crippen MR) is 72.4 cm³/mol. The highest BCUT2D eigenvalue weighted by molar-refractivity contribution is 5.84. The zero-order valence-electron chi connectivity index (χ0n) is 11.8. The summed E-state index contributed by atoms with van der Waals surface area (Å²) in [5.74, 6) is -0.125. The Morgan fingerprint density at radius 1 is 1.37 bits per heavy atom. The summed E-state index contributed by atoms with van der Waals surface area (Å²) in [5, 5.41) is 5.51. The van der Waals surface area contributed by atoms with Crippen LogP contribution in [0.15, 0.2) is 0 Å². The first-order valence-corrected chi connectivity index (χ1v) is 6.80. The van der Waals surface area contributed by atoms with Gasteiger partial charge in [-0.25, -0.2) is 0 Å². The highest BCUT2D eigenvalue weighted by Crippen LogP contribution is 2.36. The van der Waals surface area contributed by atoms with Crippen molar-refractivity contribution in [1.82, 2.24) is 10.6 Å². The molecule has 0 aromatic rings. The van der Waals surface area contributed by atoms with E-state index in [4.69, 9.17) is 10.5 Å². The smallest absolute Gasteiger partial charge is 0.227 e. The molecule has 2 unspecified atom stereocenters. The maximum atomic E-state index is 12.1. The summed E-state index contributed by atoms with van der Waals surface area (Å²) >= 11 is 0. The maximum absolute atomic E-state index is 12.1. The van der Waals surface area contributed by atoms with Gasteiger partial charge in [0.05, 0.1) is 12.0 Å². The van der Waals surface area contributed by atoms with Crippen molar-refractivity contribution in [2.45, 2.75) is 38.6 Å². The molecule has 1 fully saturated rings. The van der Waals surface area contributed by atoms with Gasteiger partial charge in [0.15, 0.2) is 0 Å². The Hall–Kier alpha value is -1.14. The molecule has 6 heteroatoms. The number of carbonyl (C=O) groups excluding carboxylic acids is 2. The summed E-state index contributed by atoms with van der Waals surface area (Å²) in [6.07, 6.45) is 2.98. The first-order valence-electron chi connectivity index (χ1n) is 6.80. The highest BCUT2D eigenvalue weighted by Gasteiger charge is 2.42. The molecule has 1 saturated carbocycles. The second-order valence-electron chi connectivity index (χ2n) is 5.26. The molecule has 2 atom stereocenters. The average Bonchev–Trinajstić information content (AvgIpc) is 2.71. The lowest BCUT2D eigenvalue weighted by molar-refractivity contribution is -0.130. The van der Waals surface area contributed by atoms with Crippen LogP contribution in [0.4, 0.5) is 0 Å². The molecule has 2 amide bonds. The minimum Gasteiger partial charge on any atom is -0.383 e. The first-order chi connectivity index (χ1) is 9.00. The third-order valence-corrected chi connectivity index (χ3v) is 3.81. The Bertz CT molecular complexity index is 322. The summed E-state index contributed by atoms with van der Waals surface area (Å²) in [5.41, 5.74) is 5.49. The van der Waals surface area contributed by atoms with Crippen LogP contribution in [0.25, 0.3) is 0 Å². The van der Waals surface area contributed by atoms with E-state index >= 15 is 0 Å². The molecule has 0 aromatic carbocycles. The van der Waals surface area contributed by atoms with Gasteiger partial charge in [0, 0.05) is 32.7 Å². The molecule has 1 aliphatic rings. The van der Waals surface area contributed by atoms with Gasteiger partial charge >= 0.3 is 0 Å². The molecular weight excluding hydrogens is 246 g/mol. The van der Waals surface area contributed by atoms with Gasteiger partial charge < -0.3 is 21.1 Å². The number of rotatable bonds is 7. The minimum absolute atomic E-state index is 0.0396. The van der Waals surface area contributed by atoms with Crippen molar-refractivity contribution in [3.63, 3.8) is 0 Å². The van der Waals surface area contributed by atoms with Gasteiger partial charge in [-0.2, -0.15) is 0 Å². The van der Waals surface area contributed by atoms with Gasteiger partial charge in [-0.15, -0.1) is 0 Å². The van der Waals surface area contributed by atoms with Crippen LogP contribution in [-0.4, -0.2) is 44.7 Å². The first kappa shape index (κ1) is 15.9. The van der Waals surface area contributed by atoms with Gasteiger partial charge in [0.1, 0.15) is 0 Å². The van der Waals surface area contributed by atoms with Crippen molar-refractivity contribution in [3.05, 3.63) is 0 Å². The topological polar surface area (TPSA) is 93.5 Å². The summed E-state index contributed by atoms with van der Waals surface area (Å²) in [6, 6.07) is -0.0805. The van der Waals surface area contributed by atoms with Crippen molar-refractivity contribution < 1.29 is 14.3 Å². The van der Waals surface area contributed by atoms with E-state index in [2.05, 4.69) is 10.6 Å². The summed E-state index contributed by atoms with van der Waals surface area (Å²) in [7, 11) is 1.58. The van der Waals surface area contributed by atoms with Crippen molar-refractivity contribution in [3.8, 4) is 0 Å². The average molecular weight is 271 g/mol. The Balaban J connectivity index is 2.22. The number of nitrogens with two attached hydrogens (primary N) is 1. The summed E-state index contributed by atoms with van der Waals surface area (Å²) < 4.78 is 4.83. The Morgan fingerprint density at radius 2 is 2.11 bits per heavy atom. The number of ether oxygens (including phenoxy) is 1. The quantitative estimate of drug-likeness (QED) is 0.558. The maximum Gasteiger partial charge on any atom is 0.227 e. The lowest BCUT2D eigenvalue weighted by Crippen LogP contribution is -2.48. The monoisotopic (exact) mass is 271 g/mol. The summed E-state index contributed by atoms with van der Waals surface area (Å²) in [6.45, 7) is 3.23. The number of nitrogens with one attached hydrogen (secondary N) is 2. The van der Waals surface area contributed by atoms with E-state index in [9.17, 15) is 9.59 Å². The standard InChI is InChI=1S/C13H25N3O3/c1-13(6-3-4-10(13)14)12(18)16-7-5-11(17)15-8-9-19-2/h10H,3-9,14H2,1-2H3,(H,15,17)(H,16,18). The zero-order chi connectivity index (χ0) is 14.3. The van der Waals surface area contributed by atoms with E-state index < -0.39 is 5.41 Å². The van der Waals surface area contributed by atoms with Gasteiger partial charge in [0.25, 0.3) is 0 Å². The van der Waals surface area contributed by atoms with E-state index in [1.807, 2.05) is 6.92 Å². The highest BCUT2D eigenvalue weighted by atomic mass is 16.5. The SMILES string of the molecule is COCCNC(=O)CCNC(=O)C1(C)CCCC1N. The Kier molecular flexibility index (Phi) is 6.24. The van der Waals surface area contributed by atoms with Gasteiger partial charge in [-0.3, -0.25) is 9.59 Å². The van der Waals surface area contributed by atoms with Crippen LogP contribution in [0.5, 0.6) is 0 Å². The van der Waals surface area contributed by atoms with Gasteiger partial charge in [0.2, 0.25) is 11.8 Å². The molecule has 1 aliphatic carbocycles. The molecule has 0 bridgehead atoms. The van der Waals surface area contributed by atoms with Crippen LogP contribution in [0.3, 0.4) is 0 Å². The molecule has 0 aromatic heterocycles. The molecule has 1 rings (SSSR count). The molecule has 0 saturated heterocycles. The third-order valence-electron chi connectivity index (χ3n) is 3.81. The lowest BCUT2D eigenvalue weighted by atomic mass is 9.84. The lowest BCUT2D eigenvalue weighted by Gasteiger charge is -2.27. The normalized spacial score (nSPS) is 26.2. The number of carbonyl (C=O) groups is 2. The molecule has 4 N–H and O–H groups in total. The van der Waals surface area contributed by atoms with Crippen LogP contribution >= 0.6 is 0 Å². The fourth-order valence-electron chi connectivity index (χ4n) is 2.35. The third kappa shape index (κ3) is 4.47. The largest absolute Gasteiger partial charge is 0.383 e. The van der Waals surface area contributed by atoms with Crippen LogP contribution < -0.4 is 16.4 Å². The molecule has 0 aliphatic heterocycles. The number of hydrogen-bond donors (Lipinski definition) is 3. The van der Waals surface area contributed by atoms with E-state index in [1.54, 1.807) is 7.11 Å². The molecule has 19 heavy (non-hydrogen) atoms. The molecule has 6 nitrogen and oxygen atoms in total. The number of hydrogen-bond acceptors (Lipinski definition) is 4. The van der Waals surface area contributed by atoms with Crippen molar-refractivity contribution in [2.75, 3.05) is 26.8 Å². The zero-order valence-corrected chi connectivity index (χ0v) is 11.8. The molecule has 0 heterocycles. The van der Waals surface area contributed by atoms with E-state index in [0.29, 0.717) is 19.7 Å². The van der Waals surface area contributed by atoms with Crippen molar-refractivity contribution in [2.24, 2.45) is 11.1 Å². The van der Waals surface area contributed by atoms with Crippen molar-refractivity contribution in [1.29, 1.82) is 0 Å². The molecule has 0 spiro atoms. The number of amides is 2. The van der Waals surface area contributed by atoms with E-state index in [0.717, 1.165) is 19.3 Å². The van der Waals surface area contributed by atoms with Gasteiger partial charge in [-0.05, 0) is 19.8 Å². The second-order valence-corrected chi connectivity index (χ2v) is 5.26. The fourth-order valence-corrected chi connectivity index (χ4v) is 2.35. The molecule has 110 valence electrons. The van der Waals surface area contributed by atoms with E-state index in [-0.39, 0.29) is 24.3 Å². The summed E-state index contributed by atoms with van der Waals surface area (Å²) in [4.78, 5) is 23.5. The van der Waals surface area contributed by atoms with Crippen LogP contribution in [-0.2, 0) is 14.3 Å².